The lowest BCUT2D eigenvalue weighted by molar-refractivity contribution is 0.122. The molecule has 26 heavy (non-hydrogen) atoms. The topological polar surface area (TPSA) is 60.4 Å². The highest BCUT2D eigenvalue weighted by molar-refractivity contribution is 6.99. The van der Waals surface area contributed by atoms with Gasteiger partial charge in [0.25, 0.3) is 11.8 Å². The zero-order valence-corrected chi connectivity index (χ0v) is 15.8. The second-order valence-electron chi connectivity index (χ2n) is 7.11. The van der Waals surface area contributed by atoms with E-state index in [1.54, 1.807) is 6.20 Å². The van der Waals surface area contributed by atoms with E-state index in [1.807, 2.05) is 18.2 Å². The molecule has 2 aliphatic heterocycles. The Morgan fingerprint density at radius 1 is 1.23 bits per heavy atom. The number of ether oxygens (including phenoxy) is 2. The van der Waals surface area contributed by atoms with Crippen molar-refractivity contribution in [3.63, 3.8) is 0 Å². The van der Waals surface area contributed by atoms with Gasteiger partial charge in [-0.2, -0.15) is 0 Å². The van der Waals surface area contributed by atoms with Crippen molar-refractivity contribution in [3.8, 4) is 23.6 Å². The first-order valence-electron chi connectivity index (χ1n) is 9.00. The number of aromatic nitrogens is 3. The fourth-order valence-electron chi connectivity index (χ4n) is 3.36. The van der Waals surface area contributed by atoms with E-state index < -0.39 is 0 Å². The van der Waals surface area contributed by atoms with Crippen molar-refractivity contribution < 1.29 is 9.47 Å². The summed E-state index contributed by atoms with van der Waals surface area (Å²) in [5.74, 6) is 7.98. The Labute approximate surface area is 157 Å². The Morgan fingerprint density at radius 3 is 2.81 bits per heavy atom. The van der Waals surface area contributed by atoms with Crippen molar-refractivity contribution in [3.05, 3.63) is 30.1 Å². The zero-order valence-electron chi connectivity index (χ0n) is 15.0. The molecule has 0 aliphatic carbocycles. The van der Waals surface area contributed by atoms with Crippen LogP contribution in [0, 0.1) is 23.7 Å². The Hall–Kier alpha value is -2.17. The van der Waals surface area contributed by atoms with Gasteiger partial charge in [0.15, 0.2) is 6.10 Å². The molecule has 2 saturated heterocycles. The molecule has 4 atom stereocenters. The Bertz CT molecular complexity index is 799. The summed E-state index contributed by atoms with van der Waals surface area (Å²) < 4.78 is 20.8. The number of nitrogens with zero attached hydrogens (tertiary/aromatic N) is 4. The molecule has 4 heterocycles. The van der Waals surface area contributed by atoms with Crippen LogP contribution in [0.3, 0.4) is 0 Å². The first-order valence-corrected chi connectivity index (χ1v) is 9.73. The van der Waals surface area contributed by atoms with Gasteiger partial charge in [0.1, 0.15) is 11.8 Å². The van der Waals surface area contributed by atoms with E-state index in [4.69, 9.17) is 9.47 Å². The lowest BCUT2D eigenvalue weighted by atomic mass is 10.0. The van der Waals surface area contributed by atoms with Crippen molar-refractivity contribution >= 4 is 11.7 Å². The molecule has 6 nitrogen and oxygen atoms in total. The summed E-state index contributed by atoms with van der Waals surface area (Å²) in [5.41, 5.74) is 0.727. The van der Waals surface area contributed by atoms with Crippen molar-refractivity contribution in [2.75, 3.05) is 19.6 Å². The molecule has 2 aliphatic rings. The number of pyridine rings is 1. The van der Waals surface area contributed by atoms with Crippen LogP contribution in [-0.4, -0.2) is 50.5 Å². The van der Waals surface area contributed by atoms with Crippen LogP contribution in [-0.2, 0) is 0 Å². The first kappa shape index (κ1) is 17.3. The average Bonchev–Trinajstić information content (AvgIpc) is 3.37. The SMILES string of the molecule is CC(C)C(C#Cc1ccccn1)Oc1nsnc1OC1CN2CCC1C2. The predicted octanol–water partition coefficient (Wildman–Crippen LogP) is 2.47. The summed E-state index contributed by atoms with van der Waals surface area (Å²) in [5, 5.41) is 0. The highest BCUT2D eigenvalue weighted by atomic mass is 32.1. The Balaban J connectivity index is 1.45. The Morgan fingerprint density at radius 2 is 2.12 bits per heavy atom. The molecule has 4 unspecified atom stereocenters. The molecule has 4 rings (SSSR count). The van der Waals surface area contributed by atoms with Gasteiger partial charge < -0.3 is 9.47 Å². The molecule has 2 fully saturated rings. The molecule has 0 N–H and O–H groups in total. The minimum Gasteiger partial charge on any atom is -0.468 e. The lowest BCUT2D eigenvalue weighted by Crippen LogP contribution is -2.32. The highest BCUT2D eigenvalue weighted by Crippen LogP contribution is 2.34. The lowest BCUT2D eigenvalue weighted by Gasteiger charge is -2.23. The average molecular weight is 370 g/mol. The minimum absolute atomic E-state index is 0.187. The summed E-state index contributed by atoms with van der Waals surface area (Å²) in [6.07, 6.45) is 2.82. The van der Waals surface area contributed by atoms with Crippen molar-refractivity contribution in [2.24, 2.45) is 11.8 Å². The smallest absolute Gasteiger partial charge is 0.292 e. The van der Waals surface area contributed by atoms with E-state index in [2.05, 4.69) is 44.3 Å². The number of hydrogen-bond acceptors (Lipinski definition) is 7. The summed E-state index contributed by atoms with van der Waals surface area (Å²) in [6, 6.07) is 5.68. The van der Waals surface area contributed by atoms with Crippen LogP contribution >= 0.6 is 11.7 Å². The third kappa shape index (κ3) is 3.81. The molecule has 2 aromatic rings. The van der Waals surface area contributed by atoms with Gasteiger partial charge in [-0.05, 0) is 31.0 Å². The summed E-state index contributed by atoms with van der Waals surface area (Å²) in [4.78, 5) is 6.67. The first-order chi connectivity index (χ1) is 12.7. The third-order valence-corrected chi connectivity index (χ3v) is 5.31. The van der Waals surface area contributed by atoms with Crippen LogP contribution in [0.2, 0.25) is 0 Å². The molecule has 136 valence electrons. The van der Waals surface area contributed by atoms with E-state index >= 15 is 0 Å². The summed E-state index contributed by atoms with van der Waals surface area (Å²) >= 11 is 1.11. The van der Waals surface area contributed by atoms with E-state index in [-0.39, 0.29) is 18.1 Å². The van der Waals surface area contributed by atoms with Crippen LogP contribution < -0.4 is 9.47 Å². The van der Waals surface area contributed by atoms with Crippen LogP contribution in [0.15, 0.2) is 24.4 Å². The van der Waals surface area contributed by atoms with Crippen molar-refractivity contribution in [1.29, 1.82) is 0 Å². The van der Waals surface area contributed by atoms with Crippen molar-refractivity contribution in [2.45, 2.75) is 32.5 Å². The molecule has 0 saturated carbocycles. The monoisotopic (exact) mass is 370 g/mol. The van der Waals surface area contributed by atoms with Gasteiger partial charge in [0, 0.05) is 31.1 Å². The van der Waals surface area contributed by atoms with Gasteiger partial charge in [-0.3, -0.25) is 4.90 Å². The molecule has 0 spiro atoms. The third-order valence-electron chi connectivity index (χ3n) is 4.82. The van der Waals surface area contributed by atoms with Crippen LogP contribution in [0.25, 0.3) is 0 Å². The molecule has 7 heteroatoms. The van der Waals surface area contributed by atoms with E-state index in [0.29, 0.717) is 17.7 Å². The predicted molar refractivity (Wildman–Crippen MR) is 99.2 cm³/mol. The maximum absolute atomic E-state index is 6.13. The normalized spacial score (nSPS) is 25.0. The van der Waals surface area contributed by atoms with E-state index in [0.717, 1.165) is 30.5 Å². The number of rotatable bonds is 5. The number of fused-ring (bicyclic) bond motifs is 2. The second kappa shape index (κ2) is 7.60. The van der Waals surface area contributed by atoms with E-state index in [9.17, 15) is 0 Å². The van der Waals surface area contributed by atoms with Gasteiger partial charge in [-0.1, -0.05) is 25.8 Å². The molecular formula is C19H22N4O2S. The van der Waals surface area contributed by atoms with Gasteiger partial charge >= 0.3 is 0 Å². The van der Waals surface area contributed by atoms with Crippen LogP contribution in [0.5, 0.6) is 11.8 Å². The number of piperidine rings is 1. The fourth-order valence-corrected chi connectivity index (χ4v) is 3.79. The zero-order chi connectivity index (χ0) is 17.9. The van der Waals surface area contributed by atoms with Gasteiger partial charge in [0.05, 0.1) is 11.7 Å². The van der Waals surface area contributed by atoms with E-state index in [1.165, 1.54) is 13.0 Å². The standard InChI is InChI=1S/C19H22N4O2S/c1-13(2)16(7-6-15-5-3-4-9-20-15)24-18-19(22-26-21-18)25-17-12-23-10-8-14(17)11-23/h3-5,9,13-14,16-17H,8,10-12H2,1-2H3. The maximum Gasteiger partial charge on any atom is 0.292 e. The summed E-state index contributed by atoms with van der Waals surface area (Å²) in [6.45, 7) is 7.42. The second-order valence-corrected chi connectivity index (χ2v) is 7.63. The van der Waals surface area contributed by atoms with Crippen LogP contribution in [0.4, 0.5) is 0 Å². The molecular weight excluding hydrogens is 348 g/mol. The summed E-state index contributed by atoms with van der Waals surface area (Å²) in [7, 11) is 0. The molecule has 0 aromatic carbocycles. The quantitative estimate of drug-likeness (QED) is 0.754. The molecule has 2 aromatic heterocycles. The maximum atomic E-state index is 6.13. The van der Waals surface area contributed by atoms with Gasteiger partial charge in [0.2, 0.25) is 0 Å². The van der Waals surface area contributed by atoms with Crippen molar-refractivity contribution in [1.82, 2.24) is 18.6 Å². The molecule has 0 amide bonds. The number of hydrogen-bond donors (Lipinski definition) is 0. The largest absolute Gasteiger partial charge is 0.468 e. The highest BCUT2D eigenvalue weighted by Gasteiger charge is 2.40. The van der Waals surface area contributed by atoms with Gasteiger partial charge in [-0.25, -0.2) is 4.98 Å². The molecule has 2 bridgehead atoms. The fraction of sp³-hybridized carbons (Fsp3) is 0.526. The molecule has 0 radical (unpaired) electrons. The van der Waals surface area contributed by atoms with Crippen LogP contribution in [0.1, 0.15) is 26.0 Å². The van der Waals surface area contributed by atoms with Gasteiger partial charge in [-0.15, -0.1) is 8.75 Å². The Kier molecular flexibility index (Phi) is 5.05. The minimum atomic E-state index is -0.299.